The van der Waals surface area contributed by atoms with Crippen molar-refractivity contribution in [1.29, 1.82) is 0 Å². The standard InChI is InChI=1S/C20H27NO2/c1-2-16-5-3-7-18(11-16)13-21-14-20(23)10-9-17-6-4-8-19(12-17)15-22/h3-8,11-12,20-23H,2,9-10,13-15H2,1H3. The van der Waals surface area contributed by atoms with Gasteiger partial charge in [0.25, 0.3) is 0 Å². The highest BCUT2D eigenvalue weighted by Gasteiger charge is 2.05. The Bertz CT molecular complexity index is 598. The molecule has 0 saturated carbocycles. The monoisotopic (exact) mass is 313 g/mol. The number of benzene rings is 2. The molecule has 0 bridgehead atoms. The third kappa shape index (κ3) is 6.14. The molecule has 1 unspecified atom stereocenters. The number of rotatable bonds is 9. The maximum Gasteiger partial charge on any atom is 0.0681 e. The molecule has 0 aromatic heterocycles. The SMILES string of the molecule is CCc1cccc(CNCC(O)CCc2cccc(CO)c2)c1. The Labute approximate surface area is 139 Å². The van der Waals surface area contributed by atoms with E-state index < -0.39 is 0 Å². The molecule has 0 saturated heterocycles. The van der Waals surface area contributed by atoms with E-state index in [0.717, 1.165) is 36.9 Å². The summed E-state index contributed by atoms with van der Waals surface area (Å²) in [6.07, 6.45) is 2.23. The Balaban J connectivity index is 1.71. The van der Waals surface area contributed by atoms with Gasteiger partial charge in [0.2, 0.25) is 0 Å². The topological polar surface area (TPSA) is 52.5 Å². The Hall–Kier alpha value is -1.68. The van der Waals surface area contributed by atoms with Crippen LogP contribution in [0.25, 0.3) is 0 Å². The zero-order valence-electron chi connectivity index (χ0n) is 13.8. The molecule has 0 aliphatic carbocycles. The van der Waals surface area contributed by atoms with Gasteiger partial charge in [0.1, 0.15) is 0 Å². The highest BCUT2D eigenvalue weighted by molar-refractivity contribution is 5.24. The van der Waals surface area contributed by atoms with Gasteiger partial charge in [-0.3, -0.25) is 0 Å². The van der Waals surface area contributed by atoms with Crippen molar-refractivity contribution in [3.05, 3.63) is 70.8 Å². The van der Waals surface area contributed by atoms with Gasteiger partial charge >= 0.3 is 0 Å². The lowest BCUT2D eigenvalue weighted by Gasteiger charge is -2.12. The summed E-state index contributed by atoms with van der Waals surface area (Å²) in [6.45, 7) is 3.60. The molecule has 23 heavy (non-hydrogen) atoms. The summed E-state index contributed by atoms with van der Waals surface area (Å²) in [4.78, 5) is 0. The van der Waals surface area contributed by atoms with Gasteiger partial charge in [0.05, 0.1) is 12.7 Å². The summed E-state index contributed by atoms with van der Waals surface area (Å²) in [6, 6.07) is 16.4. The van der Waals surface area contributed by atoms with Gasteiger partial charge in [-0.1, -0.05) is 55.5 Å². The van der Waals surface area contributed by atoms with E-state index in [1.165, 1.54) is 11.1 Å². The maximum absolute atomic E-state index is 10.1. The van der Waals surface area contributed by atoms with Crippen LogP contribution in [-0.2, 0) is 26.0 Å². The number of hydrogen-bond acceptors (Lipinski definition) is 3. The van der Waals surface area contributed by atoms with Crippen LogP contribution in [0.2, 0.25) is 0 Å². The van der Waals surface area contributed by atoms with Crippen LogP contribution in [0.1, 0.15) is 35.6 Å². The number of aliphatic hydroxyl groups is 2. The lowest BCUT2D eigenvalue weighted by Crippen LogP contribution is -2.26. The molecule has 3 heteroatoms. The van der Waals surface area contributed by atoms with Gasteiger partial charge in [-0.05, 0) is 41.5 Å². The van der Waals surface area contributed by atoms with E-state index in [4.69, 9.17) is 5.11 Å². The Morgan fingerprint density at radius 2 is 1.61 bits per heavy atom. The first-order valence-electron chi connectivity index (χ1n) is 8.36. The first kappa shape index (κ1) is 17.7. The number of hydrogen-bond donors (Lipinski definition) is 3. The second kappa shape index (κ2) is 9.46. The number of nitrogens with one attached hydrogen (secondary N) is 1. The van der Waals surface area contributed by atoms with Crippen LogP contribution in [0, 0.1) is 0 Å². The summed E-state index contributed by atoms with van der Waals surface area (Å²) in [5, 5.41) is 22.6. The molecule has 2 aromatic carbocycles. The van der Waals surface area contributed by atoms with Crippen molar-refractivity contribution in [1.82, 2.24) is 5.32 Å². The fourth-order valence-corrected chi connectivity index (χ4v) is 2.66. The van der Waals surface area contributed by atoms with Crippen LogP contribution in [0.15, 0.2) is 48.5 Å². The third-order valence-electron chi connectivity index (χ3n) is 4.05. The van der Waals surface area contributed by atoms with E-state index in [-0.39, 0.29) is 12.7 Å². The van der Waals surface area contributed by atoms with Crippen molar-refractivity contribution < 1.29 is 10.2 Å². The fraction of sp³-hybridized carbons (Fsp3) is 0.400. The molecule has 2 rings (SSSR count). The molecule has 0 aliphatic rings. The zero-order chi connectivity index (χ0) is 16.5. The second-order valence-electron chi connectivity index (χ2n) is 5.97. The van der Waals surface area contributed by atoms with Crippen LogP contribution in [0.4, 0.5) is 0 Å². The normalized spacial score (nSPS) is 12.3. The van der Waals surface area contributed by atoms with Crippen LogP contribution in [0.3, 0.4) is 0 Å². The van der Waals surface area contributed by atoms with E-state index in [9.17, 15) is 5.11 Å². The average Bonchev–Trinajstić information content (AvgIpc) is 2.60. The van der Waals surface area contributed by atoms with E-state index in [2.05, 4.69) is 36.5 Å². The fourth-order valence-electron chi connectivity index (χ4n) is 2.66. The van der Waals surface area contributed by atoms with Gasteiger partial charge in [-0.15, -0.1) is 0 Å². The molecule has 0 aliphatic heterocycles. The summed E-state index contributed by atoms with van der Waals surface area (Å²) in [5.41, 5.74) is 4.68. The quantitative estimate of drug-likeness (QED) is 0.667. The predicted molar refractivity (Wildman–Crippen MR) is 94.2 cm³/mol. The van der Waals surface area contributed by atoms with Gasteiger partial charge in [0.15, 0.2) is 0 Å². The third-order valence-corrected chi connectivity index (χ3v) is 4.05. The molecular weight excluding hydrogens is 286 g/mol. The van der Waals surface area contributed by atoms with Gasteiger partial charge in [-0.2, -0.15) is 0 Å². The van der Waals surface area contributed by atoms with Crippen molar-refractivity contribution in [2.45, 2.75) is 45.4 Å². The molecule has 0 heterocycles. The lowest BCUT2D eigenvalue weighted by atomic mass is 10.0. The van der Waals surface area contributed by atoms with Crippen LogP contribution < -0.4 is 5.32 Å². The van der Waals surface area contributed by atoms with Crippen molar-refractivity contribution in [3.8, 4) is 0 Å². The molecule has 2 aromatic rings. The van der Waals surface area contributed by atoms with Crippen LogP contribution in [0.5, 0.6) is 0 Å². The van der Waals surface area contributed by atoms with Crippen molar-refractivity contribution in [2.75, 3.05) is 6.54 Å². The number of aryl methyl sites for hydroxylation is 2. The maximum atomic E-state index is 10.1. The lowest BCUT2D eigenvalue weighted by molar-refractivity contribution is 0.161. The van der Waals surface area contributed by atoms with Crippen molar-refractivity contribution >= 4 is 0 Å². The average molecular weight is 313 g/mol. The summed E-state index contributed by atoms with van der Waals surface area (Å²) in [7, 11) is 0. The molecule has 124 valence electrons. The molecule has 0 amide bonds. The van der Waals surface area contributed by atoms with E-state index in [1.54, 1.807) is 0 Å². The summed E-state index contributed by atoms with van der Waals surface area (Å²) >= 11 is 0. The van der Waals surface area contributed by atoms with Gasteiger partial charge < -0.3 is 15.5 Å². The highest BCUT2D eigenvalue weighted by atomic mass is 16.3. The molecule has 0 radical (unpaired) electrons. The van der Waals surface area contributed by atoms with Gasteiger partial charge in [0, 0.05) is 13.1 Å². The smallest absolute Gasteiger partial charge is 0.0681 e. The minimum atomic E-state index is -0.359. The zero-order valence-corrected chi connectivity index (χ0v) is 13.8. The molecule has 3 nitrogen and oxygen atoms in total. The van der Waals surface area contributed by atoms with Crippen LogP contribution >= 0.6 is 0 Å². The minimum absolute atomic E-state index is 0.0643. The summed E-state index contributed by atoms with van der Waals surface area (Å²) in [5.74, 6) is 0. The first-order chi connectivity index (χ1) is 11.2. The molecule has 1 atom stereocenters. The highest BCUT2D eigenvalue weighted by Crippen LogP contribution is 2.09. The first-order valence-corrected chi connectivity index (χ1v) is 8.36. The predicted octanol–water partition coefficient (Wildman–Crippen LogP) is 2.82. The van der Waals surface area contributed by atoms with E-state index >= 15 is 0 Å². The van der Waals surface area contributed by atoms with Crippen molar-refractivity contribution in [3.63, 3.8) is 0 Å². The molecule has 0 fully saturated rings. The Morgan fingerprint density at radius 3 is 2.35 bits per heavy atom. The van der Waals surface area contributed by atoms with Gasteiger partial charge in [-0.25, -0.2) is 0 Å². The van der Waals surface area contributed by atoms with E-state index in [0.29, 0.717) is 6.54 Å². The molecule has 3 N–H and O–H groups in total. The minimum Gasteiger partial charge on any atom is -0.392 e. The molecule has 0 spiro atoms. The Morgan fingerprint density at radius 1 is 0.957 bits per heavy atom. The largest absolute Gasteiger partial charge is 0.392 e. The molecular formula is C20H27NO2. The summed E-state index contributed by atoms with van der Waals surface area (Å²) < 4.78 is 0. The van der Waals surface area contributed by atoms with E-state index in [1.807, 2.05) is 24.3 Å². The van der Waals surface area contributed by atoms with Crippen molar-refractivity contribution in [2.24, 2.45) is 0 Å². The van der Waals surface area contributed by atoms with Crippen LogP contribution in [-0.4, -0.2) is 22.9 Å². The second-order valence-corrected chi connectivity index (χ2v) is 5.97. The number of aliphatic hydroxyl groups excluding tert-OH is 2. The Kier molecular flexibility index (Phi) is 7.27.